The molecule has 0 atom stereocenters. The fourth-order valence-corrected chi connectivity index (χ4v) is 3.94. The van der Waals surface area contributed by atoms with E-state index in [1.54, 1.807) is 0 Å². The summed E-state index contributed by atoms with van der Waals surface area (Å²) in [5.41, 5.74) is 5.58. The van der Waals surface area contributed by atoms with Crippen LogP contribution in [0.5, 0.6) is 0 Å². The Hall–Kier alpha value is -0.890. The van der Waals surface area contributed by atoms with Crippen molar-refractivity contribution in [3.05, 3.63) is 23.0 Å². The molecule has 0 bridgehead atoms. The molecule has 0 unspecified atom stereocenters. The number of benzene rings is 1. The highest BCUT2D eigenvalue weighted by atomic mass is 35.5. The lowest BCUT2D eigenvalue weighted by atomic mass is 10.3. The molecule has 0 saturated heterocycles. The van der Waals surface area contributed by atoms with Crippen LogP contribution in [0.3, 0.4) is 0 Å². The third-order valence-corrected chi connectivity index (χ3v) is 5.10. The number of anilines is 1. The normalized spacial score (nSPS) is 16.0. The first-order chi connectivity index (χ1) is 8.87. The fourth-order valence-electron chi connectivity index (χ4n) is 1.86. The Labute approximate surface area is 115 Å². The number of aliphatic hydroxyl groups excluding tert-OH is 1. The summed E-state index contributed by atoms with van der Waals surface area (Å²) >= 11 is 5.61. The maximum atomic E-state index is 13.9. The van der Waals surface area contributed by atoms with E-state index in [9.17, 15) is 12.8 Å². The molecule has 1 aromatic rings. The Morgan fingerprint density at radius 2 is 2.11 bits per heavy atom. The van der Waals surface area contributed by atoms with Gasteiger partial charge in [0, 0.05) is 18.3 Å². The Morgan fingerprint density at radius 3 is 2.63 bits per heavy atom. The average Bonchev–Trinajstić information content (AvgIpc) is 3.14. The van der Waals surface area contributed by atoms with Crippen LogP contribution < -0.4 is 5.73 Å². The maximum absolute atomic E-state index is 13.9. The summed E-state index contributed by atoms with van der Waals surface area (Å²) in [5.74, 6) is -1.01. The van der Waals surface area contributed by atoms with E-state index in [4.69, 9.17) is 22.4 Å². The predicted octanol–water partition coefficient (Wildman–Crippen LogP) is 1.21. The van der Waals surface area contributed by atoms with E-state index in [1.807, 2.05) is 0 Å². The Balaban J connectivity index is 2.49. The molecule has 1 aromatic carbocycles. The van der Waals surface area contributed by atoms with Crippen LogP contribution in [-0.4, -0.2) is 37.0 Å². The number of nitrogen functional groups attached to an aromatic ring is 1. The van der Waals surface area contributed by atoms with Crippen molar-refractivity contribution in [1.82, 2.24) is 4.31 Å². The molecule has 0 aromatic heterocycles. The molecule has 3 N–H and O–H groups in total. The minimum absolute atomic E-state index is 0.0706. The molecule has 1 aliphatic rings. The zero-order valence-electron chi connectivity index (χ0n) is 10.0. The summed E-state index contributed by atoms with van der Waals surface area (Å²) < 4.78 is 39.8. The Kier molecular flexibility index (Phi) is 4.00. The van der Waals surface area contributed by atoms with Gasteiger partial charge in [-0.05, 0) is 25.0 Å². The third-order valence-electron chi connectivity index (χ3n) is 2.88. The lowest BCUT2D eigenvalue weighted by molar-refractivity contribution is 0.250. The molecule has 8 heteroatoms. The smallest absolute Gasteiger partial charge is 0.246 e. The molecule has 5 nitrogen and oxygen atoms in total. The molecule has 0 aliphatic heterocycles. The van der Waals surface area contributed by atoms with Crippen LogP contribution in [0.4, 0.5) is 10.1 Å². The molecule has 19 heavy (non-hydrogen) atoms. The number of hydrogen-bond donors (Lipinski definition) is 2. The van der Waals surface area contributed by atoms with Crippen LogP contribution in [-0.2, 0) is 10.0 Å². The van der Waals surface area contributed by atoms with Crippen molar-refractivity contribution in [2.24, 2.45) is 0 Å². The molecule has 0 spiro atoms. The van der Waals surface area contributed by atoms with Gasteiger partial charge in [-0.15, -0.1) is 0 Å². The zero-order chi connectivity index (χ0) is 14.2. The lowest BCUT2D eigenvalue weighted by Crippen LogP contribution is -2.36. The lowest BCUT2D eigenvalue weighted by Gasteiger charge is -2.21. The predicted molar refractivity (Wildman–Crippen MR) is 69.8 cm³/mol. The van der Waals surface area contributed by atoms with Gasteiger partial charge in [-0.25, -0.2) is 12.8 Å². The van der Waals surface area contributed by atoms with E-state index in [1.165, 1.54) is 0 Å². The zero-order valence-corrected chi connectivity index (χ0v) is 11.6. The van der Waals surface area contributed by atoms with Crippen LogP contribution >= 0.6 is 11.6 Å². The standard InChI is InChI=1S/C11H14ClFN2O3S/c12-9-5-7(14)6-10(11(9)13)19(17,18)15(3-4-16)8-1-2-8/h5-6,8,16H,1-4,14H2. The second kappa shape index (κ2) is 5.24. The van der Waals surface area contributed by atoms with Gasteiger partial charge in [-0.3, -0.25) is 0 Å². The van der Waals surface area contributed by atoms with Crippen LogP contribution in [0.15, 0.2) is 17.0 Å². The molecular formula is C11H14ClFN2O3S. The Bertz CT molecular complexity index is 590. The number of rotatable bonds is 5. The van der Waals surface area contributed by atoms with E-state index < -0.39 is 20.7 Å². The minimum atomic E-state index is -4.04. The molecule has 1 fully saturated rings. The third kappa shape index (κ3) is 2.84. The highest BCUT2D eigenvalue weighted by Gasteiger charge is 2.39. The van der Waals surface area contributed by atoms with Crippen molar-refractivity contribution in [3.63, 3.8) is 0 Å². The van der Waals surface area contributed by atoms with E-state index in [0.717, 1.165) is 16.4 Å². The first-order valence-electron chi connectivity index (χ1n) is 5.75. The maximum Gasteiger partial charge on any atom is 0.246 e. The van der Waals surface area contributed by atoms with E-state index in [2.05, 4.69) is 0 Å². The number of hydrogen-bond acceptors (Lipinski definition) is 4. The van der Waals surface area contributed by atoms with E-state index >= 15 is 0 Å². The number of nitrogens with two attached hydrogens (primary N) is 1. The summed E-state index contributed by atoms with van der Waals surface area (Å²) in [4.78, 5) is -0.544. The van der Waals surface area contributed by atoms with E-state index in [-0.39, 0.29) is 29.9 Å². The molecule has 106 valence electrons. The molecule has 2 rings (SSSR count). The SMILES string of the molecule is Nc1cc(Cl)c(F)c(S(=O)(=O)N(CCO)C2CC2)c1. The van der Waals surface area contributed by atoms with Crippen molar-refractivity contribution in [2.45, 2.75) is 23.8 Å². The number of sulfonamides is 1. The molecular weight excluding hydrogens is 295 g/mol. The van der Waals surface area contributed by atoms with Crippen LogP contribution in [0.2, 0.25) is 5.02 Å². The van der Waals surface area contributed by atoms with Crippen LogP contribution in [0, 0.1) is 5.82 Å². The van der Waals surface area contributed by atoms with Gasteiger partial charge in [-0.1, -0.05) is 11.6 Å². The molecule has 0 amide bonds. The van der Waals surface area contributed by atoms with Gasteiger partial charge in [-0.2, -0.15) is 4.31 Å². The summed E-state index contributed by atoms with van der Waals surface area (Å²) in [7, 11) is -4.04. The quantitative estimate of drug-likeness (QED) is 0.801. The molecule has 0 radical (unpaired) electrons. The molecule has 0 heterocycles. The van der Waals surface area contributed by atoms with Gasteiger partial charge in [0.15, 0.2) is 5.82 Å². The van der Waals surface area contributed by atoms with Crippen molar-refractivity contribution in [1.29, 1.82) is 0 Å². The summed E-state index contributed by atoms with van der Waals surface area (Å²) in [6.45, 7) is -0.397. The molecule has 1 aliphatic carbocycles. The van der Waals surface area contributed by atoms with Crippen molar-refractivity contribution < 1.29 is 17.9 Å². The minimum Gasteiger partial charge on any atom is -0.399 e. The van der Waals surface area contributed by atoms with Gasteiger partial charge < -0.3 is 10.8 Å². The number of halogens is 2. The van der Waals surface area contributed by atoms with Gasteiger partial charge in [0.2, 0.25) is 10.0 Å². The summed E-state index contributed by atoms with van der Waals surface area (Å²) in [6, 6.07) is 2.02. The van der Waals surface area contributed by atoms with Crippen LogP contribution in [0.1, 0.15) is 12.8 Å². The van der Waals surface area contributed by atoms with Crippen molar-refractivity contribution in [3.8, 4) is 0 Å². The number of aliphatic hydroxyl groups is 1. The highest BCUT2D eigenvalue weighted by Crippen LogP contribution is 2.34. The summed E-state index contributed by atoms with van der Waals surface area (Å²) in [5, 5.41) is 8.62. The largest absolute Gasteiger partial charge is 0.399 e. The topological polar surface area (TPSA) is 83.6 Å². The summed E-state index contributed by atoms with van der Waals surface area (Å²) in [6.07, 6.45) is 1.41. The van der Waals surface area contributed by atoms with Crippen LogP contribution in [0.25, 0.3) is 0 Å². The first kappa shape index (κ1) is 14.5. The van der Waals surface area contributed by atoms with Gasteiger partial charge in [0.1, 0.15) is 4.90 Å². The highest BCUT2D eigenvalue weighted by molar-refractivity contribution is 7.89. The molecule has 1 saturated carbocycles. The van der Waals surface area contributed by atoms with Crippen molar-refractivity contribution >= 4 is 27.3 Å². The Morgan fingerprint density at radius 1 is 1.47 bits per heavy atom. The number of nitrogens with zero attached hydrogens (tertiary/aromatic N) is 1. The fraction of sp³-hybridized carbons (Fsp3) is 0.455. The van der Waals surface area contributed by atoms with Gasteiger partial charge in [0.05, 0.1) is 11.6 Å². The average molecular weight is 309 g/mol. The van der Waals surface area contributed by atoms with Crippen molar-refractivity contribution in [2.75, 3.05) is 18.9 Å². The van der Waals surface area contributed by atoms with Gasteiger partial charge >= 0.3 is 0 Å². The second-order valence-corrected chi connectivity index (χ2v) is 6.65. The monoisotopic (exact) mass is 308 g/mol. The van der Waals surface area contributed by atoms with Gasteiger partial charge in [0.25, 0.3) is 0 Å². The van der Waals surface area contributed by atoms with E-state index in [0.29, 0.717) is 12.8 Å². The second-order valence-electron chi connectivity index (χ2n) is 4.39. The first-order valence-corrected chi connectivity index (χ1v) is 7.57.